The molecule has 0 fully saturated rings. The Kier molecular flexibility index (Phi) is 3.44. The molecule has 0 bridgehead atoms. The average Bonchev–Trinajstić information content (AvgIpc) is 2.68. The van der Waals surface area contributed by atoms with Crippen LogP contribution in [0.2, 0.25) is 0 Å². The molecule has 0 saturated carbocycles. The molecule has 0 heterocycles. The molecule has 0 radical (unpaired) electrons. The summed E-state index contributed by atoms with van der Waals surface area (Å²) in [7, 11) is 0. The van der Waals surface area contributed by atoms with Gasteiger partial charge in [-0.3, -0.25) is 14.4 Å². The maximum atomic E-state index is 13.1. The molecular weight excluding hydrogens is 328 g/mol. The summed E-state index contributed by atoms with van der Waals surface area (Å²) in [5.41, 5.74) is 13.1. The Morgan fingerprint density at radius 2 is 1.27 bits per heavy atom. The summed E-state index contributed by atoms with van der Waals surface area (Å²) in [4.78, 5) is 39.0. The van der Waals surface area contributed by atoms with Gasteiger partial charge in [-0.1, -0.05) is 54.6 Å². The zero-order valence-electron chi connectivity index (χ0n) is 13.7. The maximum Gasteiger partial charge on any atom is 0.196 e. The van der Waals surface area contributed by atoms with E-state index in [9.17, 15) is 14.4 Å². The van der Waals surface area contributed by atoms with Crippen molar-refractivity contribution in [2.45, 2.75) is 0 Å². The van der Waals surface area contributed by atoms with Gasteiger partial charge in [0, 0.05) is 27.8 Å². The third kappa shape index (κ3) is 2.14. The highest BCUT2D eigenvalue weighted by Crippen LogP contribution is 2.36. The van der Waals surface area contributed by atoms with Gasteiger partial charge in [-0.2, -0.15) is 0 Å². The van der Waals surface area contributed by atoms with Gasteiger partial charge in [0.05, 0.1) is 16.9 Å². The third-order valence-electron chi connectivity index (χ3n) is 4.55. The summed E-state index contributed by atoms with van der Waals surface area (Å²) in [6.07, 6.45) is 0. The lowest BCUT2D eigenvalue weighted by molar-refractivity contribution is 0.0972. The van der Waals surface area contributed by atoms with Crippen LogP contribution in [-0.4, -0.2) is 17.3 Å². The van der Waals surface area contributed by atoms with E-state index in [2.05, 4.69) is 0 Å². The summed E-state index contributed by atoms with van der Waals surface area (Å²) in [5, 5.41) is 0. The SMILES string of the molecule is Nc1cc(C(=O)c2ccccc2)c2c(c1N)C(=O)c1ccccc1C2=O. The van der Waals surface area contributed by atoms with Gasteiger partial charge in [0.25, 0.3) is 0 Å². The Morgan fingerprint density at radius 3 is 1.88 bits per heavy atom. The van der Waals surface area contributed by atoms with E-state index in [1.807, 2.05) is 0 Å². The minimum atomic E-state index is -0.402. The van der Waals surface area contributed by atoms with Crippen LogP contribution in [0.25, 0.3) is 0 Å². The first-order chi connectivity index (χ1) is 12.5. The lowest BCUT2D eigenvalue weighted by atomic mass is 9.79. The van der Waals surface area contributed by atoms with E-state index >= 15 is 0 Å². The molecule has 1 aliphatic carbocycles. The lowest BCUT2D eigenvalue weighted by Crippen LogP contribution is -2.26. The fourth-order valence-corrected chi connectivity index (χ4v) is 3.26. The maximum absolute atomic E-state index is 13.1. The Bertz CT molecular complexity index is 1100. The molecule has 126 valence electrons. The van der Waals surface area contributed by atoms with Crippen LogP contribution >= 0.6 is 0 Å². The molecule has 5 nitrogen and oxygen atoms in total. The van der Waals surface area contributed by atoms with Gasteiger partial charge in [0.1, 0.15) is 0 Å². The monoisotopic (exact) mass is 342 g/mol. The molecule has 4 N–H and O–H groups in total. The molecule has 1 aliphatic rings. The van der Waals surface area contributed by atoms with Crippen LogP contribution in [0.4, 0.5) is 11.4 Å². The van der Waals surface area contributed by atoms with Gasteiger partial charge in [0.15, 0.2) is 17.3 Å². The van der Waals surface area contributed by atoms with Gasteiger partial charge < -0.3 is 11.5 Å². The number of carbonyl (C=O) groups excluding carboxylic acids is 3. The van der Waals surface area contributed by atoms with E-state index in [0.29, 0.717) is 5.56 Å². The number of nitrogen functional groups attached to an aromatic ring is 2. The van der Waals surface area contributed by atoms with Crippen molar-refractivity contribution in [2.75, 3.05) is 11.5 Å². The number of rotatable bonds is 2. The molecule has 0 amide bonds. The molecule has 0 spiro atoms. The van der Waals surface area contributed by atoms with Crippen molar-refractivity contribution in [2.24, 2.45) is 0 Å². The van der Waals surface area contributed by atoms with E-state index in [1.165, 1.54) is 6.07 Å². The van der Waals surface area contributed by atoms with Crippen LogP contribution in [0.3, 0.4) is 0 Å². The van der Waals surface area contributed by atoms with Crippen molar-refractivity contribution < 1.29 is 14.4 Å². The zero-order valence-corrected chi connectivity index (χ0v) is 13.7. The van der Waals surface area contributed by atoms with Crippen molar-refractivity contribution in [1.29, 1.82) is 0 Å². The van der Waals surface area contributed by atoms with Crippen molar-refractivity contribution >= 4 is 28.7 Å². The molecule has 26 heavy (non-hydrogen) atoms. The number of fused-ring (bicyclic) bond motifs is 2. The van der Waals surface area contributed by atoms with E-state index < -0.39 is 11.6 Å². The topological polar surface area (TPSA) is 103 Å². The van der Waals surface area contributed by atoms with Crippen molar-refractivity contribution in [3.63, 3.8) is 0 Å². The van der Waals surface area contributed by atoms with E-state index in [1.54, 1.807) is 54.6 Å². The highest BCUT2D eigenvalue weighted by Gasteiger charge is 2.35. The number of anilines is 2. The minimum absolute atomic E-state index is 0.00739. The first-order valence-electron chi connectivity index (χ1n) is 8.01. The van der Waals surface area contributed by atoms with E-state index in [4.69, 9.17) is 11.5 Å². The van der Waals surface area contributed by atoms with Crippen molar-refractivity contribution in [3.05, 3.63) is 94.0 Å². The van der Waals surface area contributed by atoms with Crippen LogP contribution in [0.5, 0.6) is 0 Å². The Morgan fingerprint density at radius 1 is 0.731 bits per heavy atom. The van der Waals surface area contributed by atoms with Crippen LogP contribution in [0.15, 0.2) is 60.7 Å². The fourth-order valence-electron chi connectivity index (χ4n) is 3.26. The van der Waals surface area contributed by atoms with Crippen molar-refractivity contribution in [3.8, 4) is 0 Å². The molecule has 3 aromatic rings. The number of hydrogen-bond donors (Lipinski definition) is 2. The van der Waals surface area contributed by atoms with E-state index in [0.717, 1.165) is 0 Å². The van der Waals surface area contributed by atoms with Crippen LogP contribution in [0.1, 0.15) is 47.8 Å². The first kappa shape index (κ1) is 15.8. The molecule has 5 heteroatoms. The predicted octanol–water partition coefficient (Wildman–Crippen LogP) is 2.86. The second-order valence-electron chi connectivity index (χ2n) is 6.08. The molecule has 0 unspecified atom stereocenters. The standard InChI is InChI=1S/C21H14N2O3/c22-15-10-14(19(24)11-6-2-1-3-7-11)16-17(18(15)23)21(26)13-9-5-4-8-12(13)20(16)25/h1-10H,22-23H2. The number of nitrogens with two attached hydrogens (primary N) is 2. The number of benzene rings is 3. The summed E-state index contributed by atoms with van der Waals surface area (Å²) in [6, 6.07) is 16.4. The average molecular weight is 342 g/mol. The summed E-state index contributed by atoms with van der Waals surface area (Å²) in [6.45, 7) is 0. The number of carbonyl (C=O) groups is 3. The second-order valence-corrected chi connectivity index (χ2v) is 6.08. The molecule has 0 saturated heterocycles. The fraction of sp³-hybridized carbons (Fsp3) is 0. The summed E-state index contributed by atoms with van der Waals surface area (Å²) < 4.78 is 0. The number of ketones is 3. The molecule has 3 aromatic carbocycles. The highest BCUT2D eigenvalue weighted by molar-refractivity contribution is 6.34. The van der Waals surface area contributed by atoms with Gasteiger partial charge >= 0.3 is 0 Å². The van der Waals surface area contributed by atoms with Crippen LogP contribution < -0.4 is 11.5 Å². The molecular formula is C21H14N2O3. The lowest BCUT2D eigenvalue weighted by Gasteiger charge is -2.22. The Balaban J connectivity index is 2.03. The molecule has 0 aromatic heterocycles. The largest absolute Gasteiger partial charge is 0.397 e. The van der Waals surface area contributed by atoms with Gasteiger partial charge in [0.2, 0.25) is 0 Å². The summed E-state index contributed by atoms with van der Waals surface area (Å²) in [5.74, 6) is -1.18. The minimum Gasteiger partial charge on any atom is -0.397 e. The normalized spacial score (nSPS) is 12.5. The van der Waals surface area contributed by atoms with Crippen LogP contribution in [-0.2, 0) is 0 Å². The first-order valence-corrected chi connectivity index (χ1v) is 8.01. The molecule has 0 aliphatic heterocycles. The van der Waals surface area contributed by atoms with Crippen LogP contribution in [0, 0.1) is 0 Å². The quantitative estimate of drug-likeness (QED) is 0.431. The van der Waals surface area contributed by atoms with Gasteiger partial charge in [-0.25, -0.2) is 0 Å². The van der Waals surface area contributed by atoms with Gasteiger partial charge in [-0.15, -0.1) is 0 Å². The van der Waals surface area contributed by atoms with Crippen molar-refractivity contribution in [1.82, 2.24) is 0 Å². The smallest absolute Gasteiger partial charge is 0.196 e. The predicted molar refractivity (Wildman–Crippen MR) is 98.4 cm³/mol. The highest BCUT2D eigenvalue weighted by atomic mass is 16.1. The third-order valence-corrected chi connectivity index (χ3v) is 4.55. The Labute approximate surface area is 149 Å². The number of hydrogen-bond acceptors (Lipinski definition) is 5. The summed E-state index contributed by atoms with van der Waals surface area (Å²) >= 11 is 0. The van der Waals surface area contributed by atoms with Gasteiger partial charge in [-0.05, 0) is 6.07 Å². The molecule has 4 rings (SSSR count). The zero-order chi connectivity index (χ0) is 18.4. The van der Waals surface area contributed by atoms with E-state index in [-0.39, 0.29) is 45.0 Å². The Hall–Kier alpha value is -3.73. The second kappa shape index (κ2) is 5.67. The molecule has 0 atom stereocenters.